The Balaban J connectivity index is 1.61. The molecule has 1 fully saturated rings. The monoisotopic (exact) mass is 500 g/mol. The van der Waals surface area contributed by atoms with Gasteiger partial charge in [-0.25, -0.2) is 9.37 Å². The minimum absolute atomic E-state index is 0.00705. The molecule has 1 amide bonds. The van der Waals surface area contributed by atoms with Crippen molar-refractivity contribution in [3.8, 4) is 0 Å². The lowest BCUT2D eigenvalue weighted by molar-refractivity contribution is -0.118. The van der Waals surface area contributed by atoms with Crippen molar-refractivity contribution >= 4 is 24.3 Å². The molecule has 0 atom stereocenters. The van der Waals surface area contributed by atoms with Crippen LogP contribution in [0.4, 0.5) is 10.2 Å². The number of anilines is 1. The number of unbranched alkanes of at least 4 members (excludes halogenated alkanes) is 2. The number of amides is 1. The fraction of sp³-hybridized carbons (Fsp3) is 0.615. The predicted octanol–water partition coefficient (Wildman–Crippen LogP) is 4.54. The lowest BCUT2D eigenvalue weighted by Gasteiger charge is -2.33. The number of aromatic nitrogens is 3. The second-order valence-electron chi connectivity index (χ2n) is 11.2. The molecule has 0 radical (unpaired) electrons. The zero-order valence-corrected chi connectivity index (χ0v) is 22.2. The van der Waals surface area contributed by atoms with E-state index in [9.17, 15) is 9.18 Å². The van der Waals surface area contributed by atoms with Crippen molar-refractivity contribution in [3.63, 3.8) is 0 Å². The number of rotatable bonds is 11. The van der Waals surface area contributed by atoms with Gasteiger partial charge in [-0.2, -0.15) is 4.98 Å². The molecule has 0 unspecified atom stereocenters. The molecule has 1 aliphatic heterocycles. The highest BCUT2D eigenvalue weighted by Gasteiger charge is 2.34. The fourth-order valence-corrected chi connectivity index (χ4v) is 3.75. The van der Waals surface area contributed by atoms with Crippen LogP contribution in [0.2, 0.25) is 0 Å². The summed E-state index contributed by atoms with van der Waals surface area (Å²) in [5.41, 5.74) is 0.580. The summed E-state index contributed by atoms with van der Waals surface area (Å²) >= 11 is 0. The van der Waals surface area contributed by atoms with Crippen LogP contribution in [0.3, 0.4) is 0 Å². The number of allylic oxidation sites excluding steroid dienone is 1. The van der Waals surface area contributed by atoms with Gasteiger partial charge in [-0.15, -0.1) is 0 Å². The van der Waals surface area contributed by atoms with E-state index in [0.29, 0.717) is 43.7 Å². The normalized spacial score (nSPS) is 15.7. The number of carbonyl (C=O) groups is 1. The van der Waals surface area contributed by atoms with E-state index in [-0.39, 0.29) is 29.6 Å². The maximum atomic E-state index is 13.3. The SMILES string of the molecule is C=C(F)CCC(=O)N(CCCCCc1noc(C(C)(C)C)n1)c1cc(B2OCC(C)(C)CO2)ccn1. The Morgan fingerprint density at radius 3 is 2.56 bits per heavy atom. The molecule has 8 nitrogen and oxygen atoms in total. The Hall–Kier alpha value is -2.59. The first-order chi connectivity index (χ1) is 16.9. The number of halogens is 1. The number of nitrogens with zero attached hydrogens (tertiary/aromatic N) is 4. The summed E-state index contributed by atoms with van der Waals surface area (Å²) in [6.45, 7) is 15.2. The van der Waals surface area contributed by atoms with Crippen molar-refractivity contribution in [3.05, 3.63) is 42.5 Å². The van der Waals surface area contributed by atoms with E-state index >= 15 is 0 Å². The maximum absolute atomic E-state index is 13.3. The standard InChI is InChI=1S/C26H38BFN4O4/c1-19(28)11-12-23(33)32(15-9-7-8-10-21-30-24(36-31-21)25(2,3)4)22-16-20(13-14-29-22)27-34-17-26(5,6)18-35-27/h13-14,16H,1,7-12,15,17-18H2,2-6H3. The molecule has 0 aromatic carbocycles. The third-order valence-corrected chi connectivity index (χ3v) is 5.87. The molecule has 36 heavy (non-hydrogen) atoms. The first-order valence-electron chi connectivity index (χ1n) is 12.6. The molecule has 0 spiro atoms. The van der Waals surface area contributed by atoms with Crippen LogP contribution < -0.4 is 10.4 Å². The van der Waals surface area contributed by atoms with Crippen LogP contribution in [-0.4, -0.2) is 47.9 Å². The Labute approximate surface area is 213 Å². The summed E-state index contributed by atoms with van der Waals surface area (Å²) in [5, 5.41) is 4.07. The third-order valence-electron chi connectivity index (χ3n) is 5.87. The second kappa shape index (κ2) is 12.1. The highest BCUT2D eigenvalue weighted by Crippen LogP contribution is 2.23. The molecule has 3 heterocycles. The van der Waals surface area contributed by atoms with Gasteiger partial charge in [0.05, 0.1) is 5.83 Å². The number of carbonyl (C=O) groups excluding carboxylic acids is 1. The van der Waals surface area contributed by atoms with E-state index in [1.54, 1.807) is 11.1 Å². The van der Waals surface area contributed by atoms with Gasteiger partial charge < -0.3 is 13.8 Å². The molecule has 1 aliphatic rings. The summed E-state index contributed by atoms with van der Waals surface area (Å²) < 4.78 is 30.4. The molecule has 0 N–H and O–H groups in total. The molecule has 0 saturated carbocycles. The van der Waals surface area contributed by atoms with Crippen molar-refractivity contribution in [2.75, 3.05) is 24.7 Å². The van der Waals surface area contributed by atoms with Crippen molar-refractivity contribution in [1.29, 1.82) is 0 Å². The summed E-state index contributed by atoms with van der Waals surface area (Å²) in [7, 11) is -0.504. The summed E-state index contributed by atoms with van der Waals surface area (Å²) in [4.78, 5) is 23.5. The van der Waals surface area contributed by atoms with Gasteiger partial charge in [-0.3, -0.25) is 9.69 Å². The lowest BCUT2D eigenvalue weighted by atomic mass is 9.76. The van der Waals surface area contributed by atoms with Gasteiger partial charge in [0.2, 0.25) is 11.8 Å². The number of aryl methyl sites for hydroxylation is 1. The predicted molar refractivity (Wildman–Crippen MR) is 138 cm³/mol. The molecule has 10 heteroatoms. The zero-order chi connectivity index (χ0) is 26.3. The molecular weight excluding hydrogens is 462 g/mol. The Kier molecular flexibility index (Phi) is 9.41. The first-order valence-corrected chi connectivity index (χ1v) is 12.6. The summed E-state index contributed by atoms with van der Waals surface area (Å²) in [6, 6.07) is 3.65. The molecule has 3 rings (SSSR count). The van der Waals surface area contributed by atoms with Crippen molar-refractivity contribution in [2.24, 2.45) is 5.41 Å². The molecule has 1 saturated heterocycles. The van der Waals surface area contributed by atoms with Crippen LogP contribution >= 0.6 is 0 Å². The zero-order valence-electron chi connectivity index (χ0n) is 22.2. The number of pyridine rings is 1. The lowest BCUT2D eigenvalue weighted by Crippen LogP contribution is -2.47. The Morgan fingerprint density at radius 2 is 1.92 bits per heavy atom. The maximum Gasteiger partial charge on any atom is 0.494 e. The molecule has 196 valence electrons. The van der Waals surface area contributed by atoms with Gasteiger partial charge in [0.15, 0.2) is 5.82 Å². The van der Waals surface area contributed by atoms with E-state index < -0.39 is 12.9 Å². The minimum atomic E-state index is -0.508. The van der Waals surface area contributed by atoms with Gasteiger partial charge in [-0.1, -0.05) is 52.8 Å². The molecule has 2 aromatic heterocycles. The van der Waals surface area contributed by atoms with Crippen LogP contribution in [0.15, 0.2) is 35.3 Å². The van der Waals surface area contributed by atoms with Crippen LogP contribution in [0, 0.1) is 5.41 Å². The van der Waals surface area contributed by atoms with Crippen molar-refractivity contribution < 1.29 is 23.0 Å². The largest absolute Gasteiger partial charge is 0.494 e. The van der Waals surface area contributed by atoms with Crippen LogP contribution in [0.1, 0.15) is 78.4 Å². The van der Waals surface area contributed by atoms with E-state index in [0.717, 1.165) is 24.7 Å². The van der Waals surface area contributed by atoms with Gasteiger partial charge in [-0.05, 0) is 30.4 Å². The summed E-state index contributed by atoms with van der Waals surface area (Å²) in [5.74, 6) is 1.12. The first kappa shape index (κ1) is 28.0. The quantitative estimate of drug-likeness (QED) is 0.331. The van der Waals surface area contributed by atoms with Gasteiger partial charge >= 0.3 is 7.12 Å². The van der Waals surface area contributed by atoms with E-state index in [4.69, 9.17) is 13.8 Å². The Bertz CT molecular complexity index is 1030. The van der Waals surface area contributed by atoms with Gasteiger partial charge in [0.1, 0.15) is 5.82 Å². The molecule has 0 bridgehead atoms. The average Bonchev–Trinajstić information content (AvgIpc) is 3.29. The van der Waals surface area contributed by atoms with Gasteiger partial charge in [0.25, 0.3) is 0 Å². The topological polar surface area (TPSA) is 90.6 Å². The Morgan fingerprint density at radius 1 is 1.19 bits per heavy atom. The molecular formula is C26H38BFN4O4. The van der Waals surface area contributed by atoms with Crippen LogP contribution in [0.25, 0.3) is 0 Å². The third kappa shape index (κ3) is 8.23. The van der Waals surface area contributed by atoms with Crippen LogP contribution in [-0.2, 0) is 25.9 Å². The van der Waals surface area contributed by atoms with E-state index in [1.807, 2.05) is 32.9 Å². The smallest absolute Gasteiger partial charge is 0.407 e. The second-order valence-corrected chi connectivity index (χ2v) is 11.2. The highest BCUT2D eigenvalue weighted by atomic mass is 19.1. The number of hydrogen-bond acceptors (Lipinski definition) is 7. The molecule has 0 aliphatic carbocycles. The van der Waals surface area contributed by atoms with Crippen LogP contribution in [0.5, 0.6) is 0 Å². The van der Waals surface area contributed by atoms with E-state index in [1.165, 1.54) is 0 Å². The van der Waals surface area contributed by atoms with Crippen molar-refractivity contribution in [1.82, 2.24) is 15.1 Å². The van der Waals surface area contributed by atoms with E-state index in [2.05, 4.69) is 35.6 Å². The highest BCUT2D eigenvalue weighted by molar-refractivity contribution is 6.61. The summed E-state index contributed by atoms with van der Waals surface area (Å²) in [6.07, 6.45) is 4.85. The fourth-order valence-electron chi connectivity index (χ4n) is 3.75. The molecule has 2 aromatic rings. The van der Waals surface area contributed by atoms with Gasteiger partial charge in [0, 0.05) is 56.0 Å². The minimum Gasteiger partial charge on any atom is -0.407 e. The van der Waals surface area contributed by atoms with Crippen molar-refractivity contribution in [2.45, 2.75) is 78.6 Å². The number of hydrogen-bond donors (Lipinski definition) is 0. The average molecular weight is 500 g/mol.